The number of rotatable bonds is 2. The van der Waals surface area contributed by atoms with Crippen molar-refractivity contribution >= 4 is 5.91 Å². The summed E-state index contributed by atoms with van der Waals surface area (Å²) in [6, 6.07) is 9.49. The van der Waals surface area contributed by atoms with Gasteiger partial charge in [0.2, 0.25) is 5.91 Å². The van der Waals surface area contributed by atoms with Crippen molar-refractivity contribution in [1.82, 2.24) is 4.90 Å². The van der Waals surface area contributed by atoms with Gasteiger partial charge in [0.05, 0.1) is 11.6 Å². The van der Waals surface area contributed by atoms with E-state index in [4.69, 9.17) is 5.26 Å². The second kappa shape index (κ2) is 4.36. The van der Waals surface area contributed by atoms with Crippen LogP contribution >= 0.6 is 0 Å². The van der Waals surface area contributed by atoms with Crippen molar-refractivity contribution in [2.24, 2.45) is 5.92 Å². The monoisotopic (exact) mass is 214 g/mol. The Balaban J connectivity index is 2.04. The third-order valence-corrected chi connectivity index (χ3v) is 2.86. The van der Waals surface area contributed by atoms with Gasteiger partial charge < -0.3 is 4.90 Å². The van der Waals surface area contributed by atoms with E-state index in [0.717, 1.165) is 12.1 Å². The topological polar surface area (TPSA) is 44.1 Å². The number of nitrogens with zero attached hydrogens (tertiary/aromatic N) is 2. The molecular weight excluding hydrogens is 200 g/mol. The Bertz CT molecular complexity index is 430. The lowest BCUT2D eigenvalue weighted by Gasteiger charge is -2.15. The Kier molecular flexibility index (Phi) is 2.91. The number of amides is 1. The molecule has 0 radical (unpaired) electrons. The van der Waals surface area contributed by atoms with Gasteiger partial charge in [0.15, 0.2) is 0 Å². The number of carbonyl (C=O) groups is 1. The third-order valence-electron chi connectivity index (χ3n) is 2.86. The van der Waals surface area contributed by atoms with Crippen LogP contribution in [0.3, 0.4) is 0 Å². The van der Waals surface area contributed by atoms with Gasteiger partial charge in [-0.05, 0) is 23.6 Å². The Hall–Kier alpha value is -1.82. The van der Waals surface area contributed by atoms with Crippen LogP contribution in [0.2, 0.25) is 0 Å². The second-order valence-corrected chi connectivity index (χ2v) is 4.39. The van der Waals surface area contributed by atoms with Crippen LogP contribution in [-0.2, 0) is 11.3 Å². The molecule has 0 spiro atoms. The maximum atomic E-state index is 11.6. The summed E-state index contributed by atoms with van der Waals surface area (Å²) in [6.07, 6.45) is 0.663. The van der Waals surface area contributed by atoms with E-state index in [1.165, 1.54) is 0 Å². The van der Waals surface area contributed by atoms with Crippen molar-refractivity contribution in [3.63, 3.8) is 0 Å². The molecule has 0 bridgehead atoms. The van der Waals surface area contributed by atoms with Crippen LogP contribution in [0.5, 0.6) is 0 Å². The first-order valence-electron chi connectivity index (χ1n) is 5.46. The number of hydrogen-bond donors (Lipinski definition) is 0. The van der Waals surface area contributed by atoms with Gasteiger partial charge in [-0.25, -0.2) is 0 Å². The quantitative estimate of drug-likeness (QED) is 0.755. The van der Waals surface area contributed by atoms with Gasteiger partial charge >= 0.3 is 0 Å². The van der Waals surface area contributed by atoms with Gasteiger partial charge in [0.1, 0.15) is 0 Å². The smallest absolute Gasteiger partial charge is 0.223 e. The molecule has 0 N–H and O–H groups in total. The molecule has 1 atom stereocenters. The van der Waals surface area contributed by atoms with Crippen LogP contribution in [0.1, 0.15) is 24.5 Å². The van der Waals surface area contributed by atoms with Crippen LogP contribution in [-0.4, -0.2) is 17.4 Å². The average Bonchev–Trinajstić information content (AvgIpc) is 2.59. The Morgan fingerprint density at radius 2 is 2.12 bits per heavy atom. The summed E-state index contributed by atoms with van der Waals surface area (Å²) in [7, 11) is 0. The molecule has 1 saturated heterocycles. The van der Waals surface area contributed by atoms with Crippen molar-refractivity contribution in [1.29, 1.82) is 5.26 Å². The van der Waals surface area contributed by atoms with Crippen LogP contribution in [0.15, 0.2) is 24.3 Å². The first-order chi connectivity index (χ1) is 7.69. The van der Waals surface area contributed by atoms with Crippen LogP contribution < -0.4 is 0 Å². The number of likely N-dealkylation sites (tertiary alicyclic amines) is 1. The lowest BCUT2D eigenvalue weighted by atomic mass is 10.1. The highest BCUT2D eigenvalue weighted by atomic mass is 16.2. The van der Waals surface area contributed by atoms with Crippen molar-refractivity contribution in [3.05, 3.63) is 35.4 Å². The normalized spacial score (nSPS) is 19.9. The molecular formula is C13H14N2O. The number of hydrogen-bond acceptors (Lipinski definition) is 2. The minimum Gasteiger partial charge on any atom is -0.338 e. The molecule has 1 heterocycles. The summed E-state index contributed by atoms with van der Waals surface area (Å²) in [5, 5.41) is 8.67. The predicted octanol–water partition coefficient (Wildman–Crippen LogP) is 1.93. The molecule has 1 aliphatic rings. The van der Waals surface area contributed by atoms with Crippen molar-refractivity contribution in [2.45, 2.75) is 19.9 Å². The summed E-state index contributed by atoms with van der Waals surface area (Å²) in [4.78, 5) is 13.5. The Labute approximate surface area is 95.3 Å². The van der Waals surface area contributed by atoms with Gasteiger partial charge in [-0.3, -0.25) is 4.79 Å². The van der Waals surface area contributed by atoms with Crippen molar-refractivity contribution < 1.29 is 4.79 Å². The highest BCUT2D eigenvalue weighted by molar-refractivity contribution is 5.78. The van der Waals surface area contributed by atoms with Crippen LogP contribution in [0.4, 0.5) is 0 Å². The molecule has 1 unspecified atom stereocenters. The molecule has 1 amide bonds. The summed E-state index contributed by atoms with van der Waals surface area (Å²) in [5.41, 5.74) is 1.74. The molecule has 82 valence electrons. The van der Waals surface area contributed by atoms with Gasteiger partial charge in [-0.1, -0.05) is 19.1 Å². The molecule has 2 rings (SSSR count). The van der Waals surface area contributed by atoms with E-state index in [9.17, 15) is 4.79 Å². The molecule has 3 nitrogen and oxygen atoms in total. The lowest BCUT2D eigenvalue weighted by Crippen LogP contribution is -2.24. The molecule has 1 aromatic carbocycles. The van der Waals surface area contributed by atoms with E-state index in [-0.39, 0.29) is 5.91 Å². The van der Waals surface area contributed by atoms with E-state index in [1.54, 1.807) is 12.1 Å². The fourth-order valence-electron chi connectivity index (χ4n) is 2.03. The molecule has 3 heteroatoms. The number of nitriles is 1. The van der Waals surface area contributed by atoms with Gasteiger partial charge in [-0.15, -0.1) is 0 Å². The fraction of sp³-hybridized carbons (Fsp3) is 0.385. The molecule has 0 saturated carbocycles. The van der Waals surface area contributed by atoms with E-state index in [0.29, 0.717) is 24.4 Å². The molecule has 1 aliphatic heterocycles. The lowest BCUT2D eigenvalue weighted by molar-refractivity contribution is -0.128. The minimum absolute atomic E-state index is 0.233. The minimum atomic E-state index is 0.233. The number of benzene rings is 1. The Morgan fingerprint density at radius 3 is 2.62 bits per heavy atom. The zero-order valence-corrected chi connectivity index (χ0v) is 9.31. The molecule has 1 aromatic rings. The average molecular weight is 214 g/mol. The van der Waals surface area contributed by atoms with E-state index < -0.39 is 0 Å². The SMILES string of the molecule is CC1CC(=O)N(Cc2ccc(C#N)cc2)C1. The van der Waals surface area contributed by atoms with Gasteiger partial charge in [0, 0.05) is 19.5 Å². The maximum Gasteiger partial charge on any atom is 0.223 e. The molecule has 0 aliphatic carbocycles. The zero-order valence-electron chi connectivity index (χ0n) is 9.31. The molecule has 1 fully saturated rings. The highest BCUT2D eigenvalue weighted by Crippen LogP contribution is 2.19. The highest BCUT2D eigenvalue weighted by Gasteiger charge is 2.25. The summed E-state index contributed by atoms with van der Waals surface area (Å²) in [6.45, 7) is 3.60. The zero-order chi connectivity index (χ0) is 11.5. The van der Waals surface area contributed by atoms with Crippen LogP contribution in [0, 0.1) is 17.2 Å². The summed E-state index contributed by atoms with van der Waals surface area (Å²) >= 11 is 0. The fourth-order valence-corrected chi connectivity index (χ4v) is 2.03. The third kappa shape index (κ3) is 2.22. The van der Waals surface area contributed by atoms with E-state index in [2.05, 4.69) is 13.0 Å². The standard InChI is InChI=1S/C13H14N2O/c1-10-6-13(16)15(8-10)9-12-4-2-11(7-14)3-5-12/h2-5,10H,6,8-9H2,1H3. The largest absolute Gasteiger partial charge is 0.338 e. The van der Waals surface area contributed by atoms with E-state index in [1.807, 2.05) is 17.0 Å². The first-order valence-corrected chi connectivity index (χ1v) is 5.46. The van der Waals surface area contributed by atoms with Crippen LogP contribution in [0.25, 0.3) is 0 Å². The first kappa shape index (κ1) is 10.7. The molecule has 16 heavy (non-hydrogen) atoms. The maximum absolute atomic E-state index is 11.6. The second-order valence-electron chi connectivity index (χ2n) is 4.39. The van der Waals surface area contributed by atoms with Crippen molar-refractivity contribution in [3.8, 4) is 6.07 Å². The summed E-state index contributed by atoms with van der Waals surface area (Å²) in [5.74, 6) is 0.697. The molecule has 0 aromatic heterocycles. The van der Waals surface area contributed by atoms with Crippen molar-refractivity contribution in [2.75, 3.05) is 6.54 Å². The summed E-state index contributed by atoms with van der Waals surface area (Å²) < 4.78 is 0. The van der Waals surface area contributed by atoms with Gasteiger partial charge in [0.25, 0.3) is 0 Å². The van der Waals surface area contributed by atoms with Gasteiger partial charge in [-0.2, -0.15) is 5.26 Å². The Morgan fingerprint density at radius 1 is 1.44 bits per heavy atom. The number of carbonyl (C=O) groups excluding carboxylic acids is 1. The predicted molar refractivity (Wildman–Crippen MR) is 60.4 cm³/mol. The van der Waals surface area contributed by atoms with E-state index >= 15 is 0 Å².